The van der Waals surface area contributed by atoms with E-state index < -0.39 is 159 Å². The van der Waals surface area contributed by atoms with Crippen LogP contribution < -0.4 is 0 Å². The Labute approximate surface area is 441 Å². The van der Waals surface area contributed by atoms with Crippen molar-refractivity contribution in [1.82, 2.24) is 0 Å². The molecule has 4 saturated carbocycles. The summed E-state index contributed by atoms with van der Waals surface area (Å²) in [5.74, 6) is -0.268. The van der Waals surface area contributed by atoms with E-state index in [0.717, 1.165) is 31.3 Å². The molecule has 13 N–H and O–H groups in total. The molecule has 0 amide bonds. The second kappa shape index (κ2) is 22.3. The van der Waals surface area contributed by atoms with Gasteiger partial charge in [-0.2, -0.15) is 0 Å². The van der Waals surface area contributed by atoms with Gasteiger partial charge < -0.3 is 104 Å². The van der Waals surface area contributed by atoms with Crippen molar-refractivity contribution in [3.8, 4) is 0 Å². The molecule has 0 spiro atoms. The average molecular weight is 1080 g/mol. The molecule has 0 bridgehead atoms. The summed E-state index contributed by atoms with van der Waals surface area (Å²) in [6.45, 7) is 19.6. The van der Waals surface area contributed by atoms with Crippen molar-refractivity contribution >= 4 is 0 Å². The molecule has 0 aromatic rings. The van der Waals surface area contributed by atoms with Gasteiger partial charge in [-0.3, -0.25) is 0 Å². The average Bonchev–Trinajstić information content (AvgIpc) is 3.75. The Morgan fingerprint density at radius 3 is 1.56 bits per heavy atom. The molecule has 0 aromatic carbocycles. The molecule has 75 heavy (non-hydrogen) atoms. The SMILES string of the molecule is CC(C)=CCCC(C)(O[C@@H]1O[C@H](CO[C@@H]2O[C@@H](C)[C@@H](O)[C@@H](O)[C@H]2O)[C@@H](O)[C@H](O)[C@H]1O)C1CCC2(C)C1C(O)CC1C3(C)CCC(O[C@@H]4O[C@H](CO[C@@H]5O[C@@H](C)[C@H](O)[C@@H](O)[C@H]5O)[C@@H](O)[C@H](O)[C@H]4O)C(C)(C)C3CCC12C. The summed E-state index contributed by atoms with van der Waals surface area (Å²) in [5.41, 5.74) is -1.28. The molecule has 8 fully saturated rings. The summed E-state index contributed by atoms with van der Waals surface area (Å²) < 4.78 is 48.6. The van der Waals surface area contributed by atoms with E-state index in [2.05, 4.69) is 40.7 Å². The van der Waals surface area contributed by atoms with Crippen LogP contribution in [0.3, 0.4) is 0 Å². The van der Waals surface area contributed by atoms with E-state index in [-0.39, 0.29) is 39.9 Å². The standard InChI is InChI=1S/C54H92O21/c1-23(2)12-11-16-54(10,75-49-45(67)41(63)37(59)29(73-49)22-69-47-43(65)39(61)35(57)25(4)71-47)26-13-18-53(9)33(26)27(55)20-31-51(7)17-15-32(50(5,6)30(51)14-19-52(31,53)8)74-48-44(66)40(62)36(58)28(72-48)21-68-46-42(64)38(60)34(56)24(3)70-46/h12,24-49,55-67H,11,13-22H2,1-10H3/t24-,25-,26?,27?,28+,29+,30?,31?,32?,33?,34-,35+,36+,37+,38+,39+,40-,41-,42+,43+,44+,45+,46+,47+,48-,49-,51?,52?,53?,54?/m0/s1. The molecule has 8 rings (SSSR count). The van der Waals surface area contributed by atoms with Gasteiger partial charge in [0.25, 0.3) is 0 Å². The summed E-state index contributed by atoms with van der Waals surface area (Å²) >= 11 is 0. The smallest absolute Gasteiger partial charge is 0.187 e. The monoisotopic (exact) mass is 1080 g/mol. The summed E-state index contributed by atoms with van der Waals surface area (Å²) in [6.07, 6.45) is -21.5. The molecule has 4 heterocycles. The van der Waals surface area contributed by atoms with E-state index in [1.807, 2.05) is 20.8 Å². The van der Waals surface area contributed by atoms with Crippen LogP contribution in [0.25, 0.3) is 0 Å². The normalized spacial score (nSPS) is 53.7. The van der Waals surface area contributed by atoms with Gasteiger partial charge in [0.15, 0.2) is 25.2 Å². The van der Waals surface area contributed by atoms with Crippen molar-refractivity contribution in [3.63, 3.8) is 0 Å². The van der Waals surface area contributed by atoms with E-state index in [1.54, 1.807) is 0 Å². The lowest BCUT2D eigenvalue weighted by molar-refractivity contribution is -0.349. The van der Waals surface area contributed by atoms with E-state index in [4.69, 9.17) is 37.9 Å². The first-order chi connectivity index (χ1) is 34.9. The first-order valence-electron chi connectivity index (χ1n) is 27.6. The number of aliphatic hydroxyl groups excluding tert-OH is 13. The predicted molar refractivity (Wildman–Crippen MR) is 263 cm³/mol. The molecule has 4 aliphatic heterocycles. The first kappa shape index (κ1) is 60.0. The molecule has 10 unspecified atom stereocenters. The fraction of sp³-hybridized carbons (Fsp3) is 0.963. The topological polar surface area (TPSA) is 337 Å². The second-order valence-corrected chi connectivity index (χ2v) is 25.8. The van der Waals surface area contributed by atoms with Crippen LogP contribution in [-0.4, -0.2) is 220 Å². The number of allylic oxidation sites excluding steroid dienone is 2. The van der Waals surface area contributed by atoms with Crippen LogP contribution in [0.5, 0.6) is 0 Å². The maximum atomic E-state index is 12.8. The van der Waals surface area contributed by atoms with Gasteiger partial charge in [-0.15, -0.1) is 0 Å². The highest BCUT2D eigenvalue weighted by Gasteiger charge is 2.72. The van der Waals surface area contributed by atoms with Gasteiger partial charge in [-0.1, -0.05) is 46.3 Å². The Kier molecular flexibility index (Phi) is 17.9. The van der Waals surface area contributed by atoms with Crippen LogP contribution in [0.15, 0.2) is 11.6 Å². The van der Waals surface area contributed by atoms with Gasteiger partial charge in [-0.05, 0) is 138 Å². The minimum atomic E-state index is -1.70. The van der Waals surface area contributed by atoms with Gasteiger partial charge >= 0.3 is 0 Å². The molecule has 434 valence electrons. The maximum Gasteiger partial charge on any atom is 0.187 e. The highest BCUT2D eigenvalue weighted by Crippen LogP contribution is 2.76. The van der Waals surface area contributed by atoms with Crippen LogP contribution in [-0.2, 0) is 37.9 Å². The molecule has 30 atom stereocenters. The zero-order chi connectivity index (χ0) is 55.2. The fourth-order valence-electron chi connectivity index (χ4n) is 16.1. The van der Waals surface area contributed by atoms with Crippen LogP contribution in [0, 0.1) is 45.3 Å². The number of aliphatic hydroxyl groups is 13. The number of fused-ring (bicyclic) bond motifs is 5. The van der Waals surface area contributed by atoms with Crippen molar-refractivity contribution in [2.75, 3.05) is 13.2 Å². The Bertz CT molecular complexity index is 1960. The van der Waals surface area contributed by atoms with Crippen molar-refractivity contribution < 1.29 is 104 Å². The molecular weight excluding hydrogens is 985 g/mol. The zero-order valence-electron chi connectivity index (χ0n) is 45.4. The van der Waals surface area contributed by atoms with Crippen LogP contribution >= 0.6 is 0 Å². The molecule has 4 saturated heterocycles. The van der Waals surface area contributed by atoms with Crippen LogP contribution in [0.1, 0.15) is 127 Å². The van der Waals surface area contributed by atoms with Crippen molar-refractivity contribution in [1.29, 1.82) is 0 Å². The van der Waals surface area contributed by atoms with E-state index >= 15 is 0 Å². The van der Waals surface area contributed by atoms with Gasteiger partial charge in [0.1, 0.15) is 85.5 Å². The van der Waals surface area contributed by atoms with Gasteiger partial charge in [0.2, 0.25) is 0 Å². The Morgan fingerprint density at radius 2 is 1.03 bits per heavy atom. The molecule has 0 radical (unpaired) electrons. The van der Waals surface area contributed by atoms with Gasteiger partial charge in [0, 0.05) is 0 Å². The number of hydrogen-bond acceptors (Lipinski definition) is 21. The molecule has 0 aromatic heterocycles. The van der Waals surface area contributed by atoms with Crippen molar-refractivity contribution in [2.45, 2.75) is 268 Å². The van der Waals surface area contributed by atoms with Crippen LogP contribution in [0.4, 0.5) is 0 Å². The summed E-state index contributed by atoms with van der Waals surface area (Å²) in [4.78, 5) is 0. The van der Waals surface area contributed by atoms with E-state index in [1.165, 1.54) is 13.8 Å². The van der Waals surface area contributed by atoms with Crippen molar-refractivity contribution in [2.24, 2.45) is 45.3 Å². The summed E-state index contributed by atoms with van der Waals surface area (Å²) in [5, 5.41) is 142. The highest BCUT2D eigenvalue weighted by atomic mass is 16.7. The lowest BCUT2D eigenvalue weighted by Crippen LogP contribution is -2.67. The minimum absolute atomic E-state index is 0.0893. The third kappa shape index (κ3) is 10.6. The fourth-order valence-corrected chi connectivity index (χ4v) is 16.1. The first-order valence-corrected chi connectivity index (χ1v) is 27.6. The lowest BCUT2D eigenvalue weighted by Gasteiger charge is -2.71. The van der Waals surface area contributed by atoms with Gasteiger partial charge in [-0.25, -0.2) is 0 Å². The second-order valence-electron chi connectivity index (χ2n) is 25.8. The molecule has 4 aliphatic carbocycles. The maximum absolute atomic E-state index is 12.8. The zero-order valence-corrected chi connectivity index (χ0v) is 45.4. The molecule has 8 aliphatic rings. The third-order valence-corrected chi connectivity index (χ3v) is 20.8. The predicted octanol–water partition coefficient (Wildman–Crippen LogP) is -0.147. The number of ether oxygens (including phenoxy) is 8. The molecule has 21 heteroatoms. The third-order valence-electron chi connectivity index (χ3n) is 20.8. The van der Waals surface area contributed by atoms with E-state index in [0.29, 0.717) is 32.1 Å². The Balaban J connectivity index is 0.976. The number of rotatable bonds is 14. The summed E-state index contributed by atoms with van der Waals surface area (Å²) in [6, 6.07) is 0. The van der Waals surface area contributed by atoms with E-state index in [9.17, 15) is 66.4 Å². The largest absolute Gasteiger partial charge is 0.393 e. The minimum Gasteiger partial charge on any atom is -0.393 e. The lowest BCUT2D eigenvalue weighted by atomic mass is 9.35. The quantitative estimate of drug-likeness (QED) is 0.0795. The van der Waals surface area contributed by atoms with Crippen LogP contribution in [0.2, 0.25) is 0 Å². The highest BCUT2D eigenvalue weighted by molar-refractivity contribution is 5.20. The summed E-state index contributed by atoms with van der Waals surface area (Å²) in [7, 11) is 0. The molecule has 21 nitrogen and oxygen atoms in total. The Morgan fingerprint density at radius 1 is 0.547 bits per heavy atom. The number of hydrogen-bond donors (Lipinski definition) is 13. The molecular formula is C54H92O21. The van der Waals surface area contributed by atoms with Gasteiger partial charge in [0.05, 0.1) is 43.2 Å². The Hall–Kier alpha value is -1.10. The van der Waals surface area contributed by atoms with Crippen molar-refractivity contribution in [3.05, 3.63) is 11.6 Å².